The van der Waals surface area contributed by atoms with Gasteiger partial charge in [-0.2, -0.15) is 5.26 Å². The van der Waals surface area contributed by atoms with Crippen molar-refractivity contribution >= 4 is 23.7 Å². The largest absolute Gasteiger partial charge is 0.465 e. The van der Waals surface area contributed by atoms with Gasteiger partial charge in [0.2, 0.25) is 0 Å². The molecule has 0 aliphatic heterocycles. The number of hydrogen-bond acceptors (Lipinski definition) is 4. The van der Waals surface area contributed by atoms with E-state index in [1.54, 1.807) is 6.07 Å². The van der Waals surface area contributed by atoms with Crippen molar-refractivity contribution in [2.45, 2.75) is 38.5 Å². The van der Waals surface area contributed by atoms with E-state index in [2.05, 4.69) is 10.6 Å². The van der Waals surface area contributed by atoms with E-state index < -0.39 is 18.0 Å². The number of carbonyl (C=O) groups excluding carboxylic acids is 2. The molecule has 8 nitrogen and oxygen atoms in total. The van der Waals surface area contributed by atoms with Crippen LogP contribution in [0.4, 0.5) is 15.3 Å². The SMILES string of the molecule is N#CCNC(=O)N(CCC1CCCCC1)C(=O)c1cccc(NC(=O)O)c1. The number of nitrogens with one attached hydrogen (secondary N) is 2. The van der Waals surface area contributed by atoms with Gasteiger partial charge in [0, 0.05) is 17.8 Å². The lowest BCUT2D eigenvalue weighted by Crippen LogP contribution is -2.45. The van der Waals surface area contributed by atoms with Gasteiger partial charge in [-0.15, -0.1) is 0 Å². The Kier molecular flexibility index (Phi) is 7.62. The summed E-state index contributed by atoms with van der Waals surface area (Å²) in [4.78, 5) is 37.1. The Hall–Kier alpha value is -3.08. The van der Waals surface area contributed by atoms with Crippen molar-refractivity contribution in [2.75, 3.05) is 18.4 Å². The number of rotatable bonds is 6. The van der Waals surface area contributed by atoms with Gasteiger partial charge in [0.05, 0.1) is 6.07 Å². The zero-order valence-corrected chi connectivity index (χ0v) is 15.1. The summed E-state index contributed by atoms with van der Waals surface area (Å²) in [6, 6.07) is 7.19. The maximum absolute atomic E-state index is 12.9. The molecule has 0 aromatic heterocycles. The molecular formula is C19H24N4O4. The zero-order chi connectivity index (χ0) is 19.6. The summed E-state index contributed by atoms with van der Waals surface area (Å²) in [6.07, 6.45) is 5.24. The van der Waals surface area contributed by atoms with Crippen LogP contribution >= 0.6 is 0 Å². The second-order valence-electron chi connectivity index (χ2n) is 6.58. The minimum atomic E-state index is -1.24. The van der Waals surface area contributed by atoms with Crippen LogP contribution in [0.25, 0.3) is 0 Å². The van der Waals surface area contributed by atoms with Crippen molar-refractivity contribution in [3.63, 3.8) is 0 Å². The molecule has 1 aliphatic carbocycles. The number of amides is 4. The standard InChI is InChI=1S/C19H24N4O4/c20-10-11-21-18(25)23(12-9-14-5-2-1-3-6-14)17(24)15-7-4-8-16(13-15)22-19(26)27/h4,7-8,13-14,22H,1-3,5-6,9,11-12H2,(H,21,25)(H,26,27). The molecule has 0 saturated heterocycles. The number of urea groups is 1. The molecule has 1 saturated carbocycles. The first-order chi connectivity index (χ1) is 13.0. The lowest BCUT2D eigenvalue weighted by Gasteiger charge is -2.26. The third-order valence-electron chi connectivity index (χ3n) is 4.66. The minimum Gasteiger partial charge on any atom is -0.465 e. The fourth-order valence-electron chi connectivity index (χ4n) is 3.30. The predicted octanol–water partition coefficient (Wildman–Crippen LogP) is 3.42. The van der Waals surface area contributed by atoms with Crippen molar-refractivity contribution in [3.8, 4) is 6.07 Å². The molecule has 0 bridgehead atoms. The molecule has 27 heavy (non-hydrogen) atoms. The lowest BCUT2D eigenvalue weighted by molar-refractivity contribution is 0.0790. The van der Waals surface area contributed by atoms with Gasteiger partial charge in [-0.25, -0.2) is 9.59 Å². The average Bonchev–Trinajstić information content (AvgIpc) is 2.66. The van der Waals surface area contributed by atoms with Crippen molar-refractivity contribution in [2.24, 2.45) is 5.92 Å². The van der Waals surface area contributed by atoms with E-state index in [9.17, 15) is 14.4 Å². The van der Waals surface area contributed by atoms with E-state index in [1.165, 1.54) is 37.5 Å². The second-order valence-corrected chi connectivity index (χ2v) is 6.58. The average molecular weight is 372 g/mol. The molecule has 144 valence electrons. The highest BCUT2D eigenvalue weighted by atomic mass is 16.4. The zero-order valence-electron chi connectivity index (χ0n) is 15.1. The molecule has 1 aromatic rings. The van der Waals surface area contributed by atoms with E-state index in [0.29, 0.717) is 5.92 Å². The summed E-state index contributed by atoms with van der Waals surface area (Å²) in [5, 5.41) is 22.1. The molecule has 0 heterocycles. The third kappa shape index (κ3) is 6.29. The Morgan fingerprint density at radius 2 is 1.96 bits per heavy atom. The van der Waals surface area contributed by atoms with Gasteiger partial charge >= 0.3 is 12.1 Å². The summed E-state index contributed by atoms with van der Waals surface area (Å²) in [5.41, 5.74) is 0.454. The number of nitriles is 1. The number of imide groups is 1. The molecule has 8 heteroatoms. The van der Waals surface area contributed by atoms with E-state index in [1.807, 2.05) is 6.07 Å². The number of hydrogen-bond donors (Lipinski definition) is 3. The first-order valence-corrected chi connectivity index (χ1v) is 9.08. The number of nitrogens with zero attached hydrogens (tertiary/aromatic N) is 2. The van der Waals surface area contributed by atoms with Gasteiger partial charge in [0.15, 0.2) is 0 Å². The quantitative estimate of drug-likeness (QED) is 0.660. The molecule has 0 spiro atoms. The van der Waals surface area contributed by atoms with E-state index in [0.717, 1.165) is 24.2 Å². The van der Waals surface area contributed by atoms with Crippen molar-refractivity contribution in [1.29, 1.82) is 5.26 Å². The van der Waals surface area contributed by atoms with Crippen LogP contribution < -0.4 is 10.6 Å². The molecule has 1 fully saturated rings. The monoisotopic (exact) mass is 372 g/mol. The first kappa shape index (κ1) is 20.2. The summed E-state index contributed by atoms with van der Waals surface area (Å²) in [6.45, 7) is 0.0734. The summed E-state index contributed by atoms with van der Waals surface area (Å²) >= 11 is 0. The first-order valence-electron chi connectivity index (χ1n) is 9.08. The molecular weight excluding hydrogens is 348 g/mol. The van der Waals surface area contributed by atoms with Gasteiger partial charge in [0.25, 0.3) is 5.91 Å². The fourth-order valence-corrected chi connectivity index (χ4v) is 3.30. The highest BCUT2D eigenvalue weighted by Crippen LogP contribution is 2.26. The highest BCUT2D eigenvalue weighted by molar-refractivity contribution is 6.05. The topological polar surface area (TPSA) is 123 Å². The van der Waals surface area contributed by atoms with Gasteiger partial charge in [-0.05, 0) is 30.5 Å². The number of carboxylic acid groups (broad SMARTS) is 1. The maximum Gasteiger partial charge on any atom is 0.409 e. The number of anilines is 1. The normalized spacial score (nSPS) is 14.0. The van der Waals surface area contributed by atoms with Gasteiger partial charge in [0.1, 0.15) is 6.54 Å². The van der Waals surface area contributed by atoms with Crippen molar-refractivity contribution in [3.05, 3.63) is 29.8 Å². The summed E-state index contributed by atoms with van der Waals surface area (Å²) in [5.74, 6) is -0.0342. The fraction of sp³-hybridized carbons (Fsp3) is 0.474. The van der Waals surface area contributed by atoms with Crippen LogP contribution in [0, 0.1) is 17.2 Å². The number of benzene rings is 1. The van der Waals surface area contributed by atoms with Crippen LogP contribution in [0.2, 0.25) is 0 Å². The maximum atomic E-state index is 12.9. The van der Waals surface area contributed by atoms with Crippen molar-refractivity contribution in [1.82, 2.24) is 10.2 Å². The van der Waals surface area contributed by atoms with Crippen LogP contribution in [0.1, 0.15) is 48.9 Å². The molecule has 0 radical (unpaired) electrons. The molecule has 4 amide bonds. The summed E-state index contributed by atoms with van der Waals surface area (Å²) in [7, 11) is 0. The molecule has 1 aromatic carbocycles. The van der Waals surface area contributed by atoms with Crippen LogP contribution in [0.15, 0.2) is 24.3 Å². The highest BCUT2D eigenvalue weighted by Gasteiger charge is 2.24. The molecule has 0 unspecified atom stereocenters. The Bertz CT molecular complexity index is 723. The van der Waals surface area contributed by atoms with Crippen molar-refractivity contribution < 1.29 is 19.5 Å². The Morgan fingerprint density at radius 3 is 2.63 bits per heavy atom. The van der Waals surface area contributed by atoms with Crippen LogP contribution in [-0.2, 0) is 0 Å². The van der Waals surface area contributed by atoms with E-state index in [-0.39, 0.29) is 24.3 Å². The molecule has 3 N–H and O–H groups in total. The number of carbonyl (C=O) groups is 3. The van der Waals surface area contributed by atoms with E-state index >= 15 is 0 Å². The molecule has 2 rings (SSSR count). The van der Waals surface area contributed by atoms with Crippen LogP contribution in [0.5, 0.6) is 0 Å². The molecule has 0 atom stereocenters. The second kappa shape index (κ2) is 10.2. The Labute approximate surface area is 158 Å². The Balaban J connectivity index is 2.12. The Morgan fingerprint density at radius 1 is 1.22 bits per heavy atom. The van der Waals surface area contributed by atoms with E-state index in [4.69, 9.17) is 10.4 Å². The smallest absolute Gasteiger partial charge is 0.409 e. The van der Waals surface area contributed by atoms with Crippen LogP contribution in [0.3, 0.4) is 0 Å². The third-order valence-corrected chi connectivity index (χ3v) is 4.66. The predicted molar refractivity (Wildman–Crippen MR) is 99.3 cm³/mol. The van der Waals surface area contributed by atoms with Gasteiger partial charge in [-0.1, -0.05) is 38.2 Å². The van der Waals surface area contributed by atoms with Gasteiger partial charge < -0.3 is 10.4 Å². The van der Waals surface area contributed by atoms with Gasteiger partial charge in [-0.3, -0.25) is 15.0 Å². The minimum absolute atomic E-state index is 0.188. The van der Waals surface area contributed by atoms with Crippen LogP contribution in [-0.4, -0.2) is 41.1 Å². The molecule has 1 aliphatic rings. The summed E-state index contributed by atoms with van der Waals surface area (Å²) < 4.78 is 0. The lowest BCUT2D eigenvalue weighted by atomic mass is 9.87.